The number of halogens is 1. The van der Waals surface area contributed by atoms with Gasteiger partial charge in [-0.2, -0.15) is 0 Å². The van der Waals surface area contributed by atoms with Crippen LogP contribution in [0.1, 0.15) is 56.1 Å². The van der Waals surface area contributed by atoms with Crippen LogP contribution < -0.4 is 15.5 Å². The average Bonchev–Trinajstić information content (AvgIpc) is 3.92. The van der Waals surface area contributed by atoms with Gasteiger partial charge in [-0.1, -0.05) is 35.9 Å². The van der Waals surface area contributed by atoms with Crippen LogP contribution >= 0.6 is 11.6 Å². The molecule has 9 rings (SSSR count). The molecule has 2 aromatic carbocycles. The summed E-state index contributed by atoms with van der Waals surface area (Å²) in [5.74, 6) is 0.929. The molecule has 5 aliphatic rings. The first-order valence-corrected chi connectivity index (χ1v) is 20.1. The van der Waals surface area contributed by atoms with Gasteiger partial charge in [-0.05, 0) is 73.8 Å². The van der Waals surface area contributed by atoms with E-state index in [2.05, 4.69) is 64.5 Å². The lowest BCUT2D eigenvalue weighted by Gasteiger charge is -2.42. The standard InChI is InChI=1S/C41H50ClN9O3/c42-34-21-44-40(47-38(34)33-20-43-35-4-2-1-3-32(33)35)45-30-11-14-49(25-30)26-41(54)12-17-48(18-13-41)22-27-9-15-50(16-10-27)31-6-5-28-23-51(24-29(28)19-31)36-7-8-37(52)46-39(36)53/h1-6,19-21,27,30,36,43,54H,7-18,22-26H2,(H,44,45,47)(H,46,52,53). The Balaban J connectivity index is 0.715. The largest absolute Gasteiger partial charge is 0.388 e. The molecule has 13 heteroatoms. The number of piperidine rings is 3. The van der Waals surface area contributed by atoms with E-state index < -0.39 is 5.60 Å². The van der Waals surface area contributed by atoms with Crippen LogP contribution in [0.25, 0.3) is 22.2 Å². The van der Waals surface area contributed by atoms with Crippen molar-refractivity contribution in [3.05, 3.63) is 71.0 Å². The molecule has 4 aromatic rings. The van der Waals surface area contributed by atoms with Crippen molar-refractivity contribution in [2.45, 2.75) is 75.7 Å². The average molecular weight is 752 g/mol. The summed E-state index contributed by atoms with van der Waals surface area (Å²) in [5, 5.41) is 19.3. The predicted octanol–water partition coefficient (Wildman–Crippen LogP) is 4.63. The van der Waals surface area contributed by atoms with E-state index >= 15 is 0 Å². The molecule has 5 aliphatic heterocycles. The van der Waals surface area contributed by atoms with Gasteiger partial charge in [-0.3, -0.25) is 24.7 Å². The lowest BCUT2D eigenvalue weighted by atomic mass is 9.89. The second-order valence-electron chi connectivity index (χ2n) is 16.3. The number of rotatable bonds is 9. The zero-order valence-electron chi connectivity index (χ0n) is 30.8. The molecule has 0 spiro atoms. The molecule has 54 heavy (non-hydrogen) atoms. The number of β-amino-alcohol motifs (C(OH)–C–C–N with tert-alkyl or cyclic N) is 1. The lowest BCUT2D eigenvalue weighted by molar-refractivity contribution is -0.137. The van der Waals surface area contributed by atoms with Gasteiger partial charge in [0.05, 0.1) is 28.6 Å². The van der Waals surface area contributed by atoms with E-state index in [9.17, 15) is 14.7 Å². The van der Waals surface area contributed by atoms with E-state index in [1.807, 2.05) is 24.4 Å². The number of hydrogen-bond acceptors (Lipinski definition) is 10. The van der Waals surface area contributed by atoms with Gasteiger partial charge in [0.25, 0.3) is 0 Å². The quantitative estimate of drug-likeness (QED) is 0.180. The van der Waals surface area contributed by atoms with Crippen molar-refractivity contribution in [1.29, 1.82) is 0 Å². The van der Waals surface area contributed by atoms with Crippen LogP contribution in [0, 0.1) is 5.92 Å². The van der Waals surface area contributed by atoms with Gasteiger partial charge in [-0.15, -0.1) is 0 Å². The molecule has 4 N–H and O–H groups in total. The molecular weight excluding hydrogens is 702 g/mol. The topological polar surface area (TPSA) is 133 Å². The third-order valence-electron chi connectivity index (χ3n) is 12.6. The molecule has 0 radical (unpaired) electrons. The van der Waals surface area contributed by atoms with E-state index in [0.29, 0.717) is 42.0 Å². The van der Waals surface area contributed by atoms with E-state index in [0.717, 1.165) is 94.6 Å². The summed E-state index contributed by atoms with van der Waals surface area (Å²) in [7, 11) is 0. The number of fused-ring (bicyclic) bond motifs is 2. The SMILES string of the molecule is O=C1CCC(N2Cc3ccc(N4CCC(CN5CCC(O)(CN6CCC(Nc7ncc(Cl)c(-c8c[nH]c9ccccc89)n7)C6)CC5)CC4)cc3C2)C(=O)N1. The van der Waals surface area contributed by atoms with Crippen LogP contribution in [0.15, 0.2) is 54.9 Å². The molecule has 12 nitrogen and oxygen atoms in total. The van der Waals surface area contributed by atoms with Crippen molar-refractivity contribution in [2.75, 3.05) is 62.6 Å². The number of H-pyrrole nitrogens is 1. The molecular formula is C41H50ClN9O3. The van der Waals surface area contributed by atoms with Crippen LogP contribution in [0.3, 0.4) is 0 Å². The minimum Gasteiger partial charge on any atom is -0.388 e. The number of nitrogens with one attached hydrogen (secondary N) is 3. The van der Waals surface area contributed by atoms with Crippen LogP contribution in [0.2, 0.25) is 5.02 Å². The number of benzene rings is 2. The summed E-state index contributed by atoms with van der Waals surface area (Å²) in [6, 6.07) is 14.9. The molecule has 2 unspecified atom stereocenters. The van der Waals surface area contributed by atoms with Crippen molar-refractivity contribution < 1.29 is 14.7 Å². The Labute approximate surface area is 321 Å². The number of aromatic amines is 1. The number of aromatic nitrogens is 3. The molecule has 4 fully saturated rings. The number of imide groups is 1. The Bertz CT molecular complexity index is 2020. The molecule has 0 saturated carbocycles. The number of likely N-dealkylation sites (tertiary alicyclic amines) is 2. The second-order valence-corrected chi connectivity index (χ2v) is 16.7. The van der Waals surface area contributed by atoms with Gasteiger partial charge in [0.15, 0.2) is 0 Å². The monoisotopic (exact) mass is 751 g/mol. The van der Waals surface area contributed by atoms with Gasteiger partial charge in [-0.25, -0.2) is 9.97 Å². The van der Waals surface area contributed by atoms with Crippen molar-refractivity contribution >= 4 is 46.0 Å². The highest BCUT2D eigenvalue weighted by molar-refractivity contribution is 6.33. The number of carbonyl (C=O) groups is 2. The summed E-state index contributed by atoms with van der Waals surface area (Å²) in [5.41, 5.74) is 5.93. The third-order valence-corrected chi connectivity index (χ3v) is 12.9. The van der Waals surface area contributed by atoms with E-state index in [4.69, 9.17) is 16.6 Å². The summed E-state index contributed by atoms with van der Waals surface area (Å²) >= 11 is 6.57. The molecule has 284 valence electrons. The maximum absolute atomic E-state index is 12.5. The molecule has 0 bridgehead atoms. The zero-order chi connectivity index (χ0) is 36.8. The Hall–Kier alpha value is -4.07. The minimum absolute atomic E-state index is 0.156. The van der Waals surface area contributed by atoms with Crippen LogP contribution in [0.5, 0.6) is 0 Å². The Morgan fingerprint density at radius 2 is 1.76 bits per heavy atom. The zero-order valence-corrected chi connectivity index (χ0v) is 31.5. The van der Waals surface area contributed by atoms with Crippen molar-refractivity contribution in [1.82, 2.24) is 35.0 Å². The fraction of sp³-hybridized carbons (Fsp3) is 0.512. The summed E-state index contributed by atoms with van der Waals surface area (Å²) in [4.78, 5) is 46.4. The van der Waals surface area contributed by atoms with E-state index in [-0.39, 0.29) is 23.9 Å². The first-order chi connectivity index (χ1) is 26.2. The van der Waals surface area contributed by atoms with Gasteiger partial charge in [0, 0.05) is 106 Å². The van der Waals surface area contributed by atoms with Gasteiger partial charge < -0.3 is 25.2 Å². The van der Waals surface area contributed by atoms with Crippen LogP contribution in [-0.2, 0) is 22.7 Å². The Morgan fingerprint density at radius 3 is 2.59 bits per heavy atom. The Kier molecular flexibility index (Phi) is 9.81. The minimum atomic E-state index is -0.657. The number of amides is 2. The normalized spacial score (nSPS) is 24.3. The fourth-order valence-corrected chi connectivity index (χ4v) is 9.68. The Morgan fingerprint density at radius 1 is 0.944 bits per heavy atom. The molecule has 7 heterocycles. The number of nitrogens with zero attached hydrogens (tertiary/aromatic N) is 6. The molecule has 0 aliphatic carbocycles. The van der Waals surface area contributed by atoms with Gasteiger partial charge in [0.2, 0.25) is 17.8 Å². The van der Waals surface area contributed by atoms with E-state index in [1.54, 1.807) is 6.20 Å². The predicted molar refractivity (Wildman–Crippen MR) is 210 cm³/mol. The van der Waals surface area contributed by atoms with Crippen molar-refractivity contribution in [3.63, 3.8) is 0 Å². The number of aliphatic hydroxyl groups is 1. The number of para-hydroxylation sites is 1. The molecule has 2 atom stereocenters. The molecule has 2 aromatic heterocycles. The number of anilines is 2. The molecule has 2 amide bonds. The summed E-state index contributed by atoms with van der Waals surface area (Å²) in [6.07, 6.45) is 9.57. The first-order valence-electron chi connectivity index (χ1n) is 19.7. The van der Waals surface area contributed by atoms with Crippen molar-refractivity contribution in [2.24, 2.45) is 5.92 Å². The van der Waals surface area contributed by atoms with E-state index in [1.165, 1.54) is 29.7 Å². The summed E-state index contributed by atoms with van der Waals surface area (Å²) < 4.78 is 0. The van der Waals surface area contributed by atoms with Crippen LogP contribution in [-0.4, -0.2) is 117 Å². The highest BCUT2D eigenvalue weighted by Crippen LogP contribution is 2.35. The highest BCUT2D eigenvalue weighted by Gasteiger charge is 2.38. The van der Waals surface area contributed by atoms with Crippen molar-refractivity contribution in [3.8, 4) is 11.3 Å². The van der Waals surface area contributed by atoms with Gasteiger partial charge in [0.1, 0.15) is 0 Å². The number of carbonyl (C=O) groups excluding carboxylic acids is 2. The smallest absolute Gasteiger partial charge is 0.243 e. The third kappa shape index (κ3) is 7.46. The maximum atomic E-state index is 12.5. The van der Waals surface area contributed by atoms with Gasteiger partial charge >= 0.3 is 0 Å². The maximum Gasteiger partial charge on any atom is 0.243 e. The second kappa shape index (κ2) is 14.9. The number of hydrogen-bond donors (Lipinski definition) is 4. The van der Waals surface area contributed by atoms with Crippen LogP contribution in [0.4, 0.5) is 11.6 Å². The molecule has 4 saturated heterocycles. The highest BCUT2D eigenvalue weighted by atomic mass is 35.5. The fourth-order valence-electron chi connectivity index (χ4n) is 9.49. The lowest BCUT2D eigenvalue weighted by Crippen LogP contribution is -2.52. The first kappa shape index (κ1) is 35.6. The summed E-state index contributed by atoms with van der Waals surface area (Å²) in [6.45, 7) is 9.09.